The zero-order chi connectivity index (χ0) is 21.3. The van der Waals surface area contributed by atoms with Gasteiger partial charge in [-0.3, -0.25) is 14.9 Å². The summed E-state index contributed by atoms with van der Waals surface area (Å²) >= 11 is 0. The van der Waals surface area contributed by atoms with Gasteiger partial charge in [-0.05, 0) is 55.9 Å². The van der Waals surface area contributed by atoms with E-state index in [4.69, 9.17) is 4.74 Å². The van der Waals surface area contributed by atoms with E-state index in [-0.39, 0.29) is 23.7 Å². The second-order valence-electron chi connectivity index (χ2n) is 8.88. The van der Waals surface area contributed by atoms with Crippen LogP contribution in [0.15, 0.2) is 24.3 Å². The van der Waals surface area contributed by atoms with E-state index < -0.39 is 10.8 Å². The maximum Gasteiger partial charge on any atom is 0.320 e. The van der Waals surface area contributed by atoms with Gasteiger partial charge in [-0.2, -0.15) is 0 Å². The summed E-state index contributed by atoms with van der Waals surface area (Å²) in [6, 6.07) is 6.11. The van der Waals surface area contributed by atoms with Crippen LogP contribution in [0.5, 0.6) is 0 Å². The quantitative estimate of drug-likeness (QED) is 0.369. The van der Waals surface area contributed by atoms with E-state index in [1.807, 2.05) is 9.80 Å². The first-order chi connectivity index (χ1) is 14.5. The highest BCUT2D eigenvalue weighted by atomic mass is 16.6. The summed E-state index contributed by atoms with van der Waals surface area (Å²) < 4.78 is 5.11. The highest BCUT2D eigenvalue weighted by Gasteiger charge is 2.43. The van der Waals surface area contributed by atoms with Crippen molar-refractivity contribution >= 4 is 17.7 Å². The number of rotatable bonds is 8. The van der Waals surface area contributed by atoms with Crippen LogP contribution >= 0.6 is 0 Å². The number of esters is 1. The molecule has 3 fully saturated rings. The van der Waals surface area contributed by atoms with Crippen LogP contribution in [0.25, 0.3) is 0 Å². The predicted molar refractivity (Wildman–Crippen MR) is 110 cm³/mol. The first kappa shape index (κ1) is 20.6. The van der Waals surface area contributed by atoms with E-state index in [1.165, 1.54) is 32.1 Å². The van der Waals surface area contributed by atoms with Crippen LogP contribution < -0.4 is 0 Å². The number of benzene rings is 1. The van der Waals surface area contributed by atoms with Crippen molar-refractivity contribution in [2.24, 2.45) is 17.8 Å². The Morgan fingerprint density at radius 3 is 2.30 bits per heavy atom. The number of methoxy groups -OCH3 is 1. The molecule has 3 aliphatic rings. The van der Waals surface area contributed by atoms with Gasteiger partial charge >= 0.3 is 12.0 Å². The van der Waals surface area contributed by atoms with Crippen LogP contribution in [0.1, 0.15) is 37.7 Å². The number of hydrogen-bond donors (Lipinski definition) is 0. The third kappa shape index (κ3) is 4.74. The SMILES string of the molecule is COC(=O)C1CCN(CC2CC2)C(=O)N(CC2CC2)C1Cc1ccc([N+](=O)[O-])cc1. The van der Waals surface area contributed by atoms with Crippen molar-refractivity contribution in [2.45, 2.75) is 44.6 Å². The molecule has 1 aliphatic heterocycles. The van der Waals surface area contributed by atoms with Crippen LogP contribution in [0.4, 0.5) is 10.5 Å². The number of carbonyl (C=O) groups is 2. The lowest BCUT2D eigenvalue weighted by Gasteiger charge is -2.35. The molecule has 0 spiro atoms. The summed E-state index contributed by atoms with van der Waals surface area (Å²) in [5, 5.41) is 11.0. The number of amides is 2. The Kier molecular flexibility index (Phi) is 5.92. The Morgan fingerprint density at radius 1 is 1.10 bits per heavy atom. The van der Waals surface area contributed by atoms with Crippen molar-refractivity contribution in [3.63, 3.8) is 0 Å². The summed E-state index contributed by atoms with van der Waals surface area (Å²) in [4.78, 5) is 40.5. The molecule has 1 aromatic rings. The summed E-state index contributed by atoms with van der Waals surface area (Å²) in [7, 11) is 1.39. The minimum Gasteiger partial charge on any atom is -0.469 e. The van der Waals surface area contributed by atoms with E-state index in [2.05, 4.69) is 0 Å². The maximum atomic E-state index is 13.5. The number of non-ortho nitro benzene ring substituents is 1. The van der Waals surface area contributed by atoms with Crippen molar-refractivity contribution < 1.29 is 19.2 Å². The lowest BCUT2D eigenvalue weighted by atomic mass is 9.89. The first-order valence-electron chi connectivity index (χ1n) is 10.8. The average molecular weight is 415 g/mol. The molecular formula is C22H29N3O5. The molecule has 2 atom stereocenters. The summed E-state index contributed by atoms with van der Waals surface area (Å²) in [5.74, 6) is 0.382. The van der Waals surface area contributed by atoms with Crippen LogP contribution in [-0.4, -0.2) is 59.5 Å². The molecule has 0 radical (unpaired) electrons. The number of urea groups is 1. The lowest BCUT2D eigenvalue weighted by molar-refractivity contribution is -0.384. The topological polar surface area (TPSA) is 93.0 Å². The molecule has 2 amide bonds. The molecule has 30 heavy (non-hydrogen) atoms. The molecule has 2 aliphatic carbocycles. The number of nitro benzene ring substituents is 1. The van der Waals surface area contributed by atoms with Gasteiger partial charge < -0.3 is 14.5 Å². The average Bonchev–Trinajstić information content (AvgIpc) is 3.65. The maximum absolute atomic E-state index is 13.5. The van der Waals surface area contributed by atoms with Gasteiger partial charge in [0, 0.05) is 31.8 Å². The van der Waals surface area contributed by atoms with Crippen molar-refractivity contribution in [1.29, 1.82) is 0 Å². The van der Waals surface area contributed by atoms with Crippen molar-refractivity contribution in [3.05, 3.63) is 39.9 Å². The van der Waals surface area contributed by atoms with Gasteiger partial charge in [0.25, 0.3) is 5.69 Å². The first-order valence-corrected chi connectivity index (χ1v) is 10.8. The molecule has 0 bridgehead atoms. The third-order valence-corrected chi connectivity index (χ3v) is 6.51. The van der Waals surface area contributed by atoms with Crippen LogP contribution in [0.3, 0.4) is 0 Å². The predicted octanol–water partition coefficient (Wildman–Crippen LogP) is 3.24. The fourth-order valence-electron chi connectivity index (χ4n) is 4.37. The molecule has 0 N–H and O–H groups in total. The normalized spacial score (nSPS) is 24.5. The van der Waals surface area contributed by atoms with Crippen LogP contribution in [-0.2, 0) is 16.0 Å². The molecule has 2 saturated carbocycles. The monoisotopic (exact) mass is 415 g/mol. The standard InChI is InChI=1S/C22H29N3O5/c1-30-21(26)19-10-11-23(13-16-2-3-16)22(27)24(14-17-4-5-17)20(19)12-15-6-8-18(9-7-15)25(28)29/h6-9,16-17,19-20H,2-5,10-14H2,1H3. The van der Waals surface area contributed by atoms with E-state index in [0.29, 0.717) is 37.8 Å². The van der Waals surface area contributed by atoms with Crippen LogP contribution in [0.2, 0.25) is 0 Å². The highest BCUT2D eigenvalue weighted by molar-refractivity contribution is 5.79. The van der Waals surface area contributed by atoms with Crippen LogP contribution in [0, 0.1) is 27.9 Å². The van der Waals surface area contributed by atoms with Crippen molar-refractivity contribution in [3.8, 4) is 0 Å². The van der Waals surface area contributed by atoms with Gasteiger partial charge in [0.15, 0.2) is 0 Å². The fraction of sp³-hybridized carbons (Fsp3) is 0.636. The molecular weight excluding hydrogens is 386 g/mol. The van der Waals surface area contributed by atoms with Crippen molar-refractivity contribution in [2.75, 3.05) is 26.7 Å². The lowest BCUT2D eigenvalue weighted by Crippen LogP contribution is -2.51. The van der Waals surface area contributed by atoms with E-state index in [0.717, 1.165) is 24.9 Å². The van der Waals surface area contributed by atoms with Gasteiger partial charge in [-0.1, -0.05) is 12.1 Å². The van der Waals surface area contributed by atoms with Gasteiger partial charge in [0.05, 0.1) is 24.0 Å². The summed E-state index contributed by atoms with van der Waals surface area (Å²) in [6.45, 7) is 1.98. The van der Waals surface area contributed by atoms with Gasteiger partial charge in [0.1, 0.15) is 0 Å². The Hall–Kier alpha value is -2.64. The zero-order valence-electron chi connectivity index (χ0n) is 17.4. The van der Waals surface area contributed by atoms with Gasteiger partial charge in [-0.15, -0.1) is 0 Å². The Morgan fingerprint density at radius 2 is 1.73 bits per heavy atom. The Labute approximate surface area is 176 Å². The second-order valence-corrected chi connectivity index (χ2v) is 8.88. The molecule has 1 heterocycles. The van der Waals surface area contributed by atoms with E-state index in [9.17, 15) is 19.7 Å². The fourth-order valence-corrected chi connectivity index (χ4v) is 4.37. The highest BCUT2D eigenvalue weighted by Crippen LogP contribution is 2.36. The number of nitrogens with zero attached hydrogens (tertiary/aromatic N) is 3. The summed E-state index contributed by atoms with van der Waals surface area (Å²) in [6.07, 6.45) is 5.61. The number of hydrogen-bond acceptors (Lipinski definition) is 5. The van der Waals surface area contributed by atoms with E-state index in [1.54, 1.807) is 12.1 Å². The summed E-state index contributed by atoms with van der Waals surface area (Å²) in [5.41, 5.74) is 0.911. The Bertz CT molecular complexity index is 803. The molecule has 0 aromatic heterocycles. The molecule has 8 heteroatoms. The minimum absolute atomic E-state index is 0.0205. The molecule has 1 aromatic carbocycles. The second kappa shape index (κ2) is 8.62. The molecule has 4 rings (SSSR count). The van der Waals surface area contributed by atoms with Crippen molar-refractivity contribution in [1.82, 2.24) is 9.80 Å². The smallest absolute Gasteiger partial charge is 0.320 e. The number of nitro groups is 1. The zero-order valence-corrected chi connectivity index (χ0v) is 17.4. The van der Waals surface area contributed by atoms with Gasteiger partial charge in [0.2, 0.25) is 0 Å². The molecule has 8 nitrogen and oxygen atoms in total. The third-order valence-electron chi connectivity index (χ3n) is 6.51. The largest absolute Gasteiger partial charge is 0.469 e. The minimum atomic E-state index is -0.425. The molecule has 2 unspecified atom stereocenters. The molecule has 1 saturated heterocycles. The number of ether oxygens (including phenoxy) is 1. The van der Waals surface area contributed by atoms with E-state index >= 15 is 0 Å². The molecule has 162 valence electrons. The Balaban J connectivity index is 1.61. The van der Waals surface area contributed by atoms with Gasteiger partial charge in [-0.25, -0.2) is 4.79 Å². The number of carbonyl (C=O) groups excluding carboxylic acids is 2.